The zero-order chi connectivity index (χ0) is 21.6. The summed E-state index contributed by atoms with van der Waals surface area (Å²) in [4.78, 5) is 4.44. The lowest BCUT2D eigenvalue weighted by Gasteiger charge is -2.09. The topological polar surface area (TPSA) is 78.9 Å². The number of aromatic nitrogens is 5. The molecule has 2 aromatic heterocycles. The maximum absolute atomic E-state index is 6.21. The molecule has 158 valence electrons. The third-order valence-corrected chi connectivity index (χ3v) is 5.66. The van der Waals surface area contributed by atoms with E-state index in [1.807, 2.05) is 54.0 Å². The smallest absolute Gasteiger partial charge is 0.259 e. The molecule has 4 rings (SSSR count). The second-order valence-electron chi connectivity index (χ2n) is 6.69. The highest BCUT2D eigenvalue weighted by atomic mass is 35.5. The van der Waals surface area contributed by atoms with Crippen LogP contribution in [0, 0.1) is 6.92 Å². The summed E-state index contributed by atoms with van der Waals surface area (Å²) in [6, 6.07) is 15.2. The normalized spacial score (nSPS) is 10.9. The molecule has 9 heteroatoms. The minimum absolute atomic E-state index is 0.309. The minimum Gasteiger partial charge on any atom is -0.486 e. The van der Waals surface area contributed by atoms with Gasteiger partial charge in [0.15, 0.2) is 16.8 Å². The molecule has 2 heterocycles. The summed E-state index contributed by atoms with van der Waals surface area (Å²) in [6.07, 6.45) is 1.80. The Morgan fingerprint density at radius 2 is 2.06 bits per heavy atom. The first-order valence-electron chi connectivity index (χ1n) is 9.57. The van der Waals surface area contributed by atoms with Gasteiger partial charge in [0.2, 0.25) is 0 Å². The van der Waals surface area contributed by atoms with Gasteiger partial charge in [-0.15, -0.1) is 16.8 Å². The predicted molar refractivity (Wildman–Crippen MR) is 120 cm³/mol. The first-order chi connectivity index (χ1) is 15.1. The van der Waals surface area contributed by atoms with Crippen molar-refractivity contribution in [3.05, 3.63) is 83.4 Å². The van der Waals surface area contributed by atoms with Gasteiger partial charge >= 0.3 is 0 Å². The van der Waals surface area contributed by atoms with Crippen molar-refractivity contribution in [3.8, 4) is 17.2 Å². The Kier molecular flexibility index (Phi) is 6.69. The Balaban J connectivity index is 1.44. The fraction of sp³-hybridized carbons (Fsp3) is 0.182. The summed E-state index contributed by atoms with van der Waals surface area (Å²) in [5.41, 5.74) is 1.84. The Hall–Kier alpha value is -3.10. The monoisotopic (exact) mass is 453 g/mol. The zero-order valence-electron chi connectivity index (χ0n) is 16.9. The molecule has 0 N–H and O–H groups in total. The van der Waals surface area contributed by atoms with Crippen LogP contribution in [-0.2, 0) is 18.9 Å². The fourth-order valence-electron chi connectivity index (χ4n) is 2.88. The van der Waals surface area contributed by atoms with Crippen LogP contribution in [0.4, 0.5) is 0 Å². The van der Waals surface area contributed by atoms with Gasteiger partial charge in [-0.25, -0.2) is 0 Å². The van der Waals surface area contributed by atoms with Crippen molar-refractivity contribution < 1.29 is 9.26 Å². The average molecular weight is 454 g/mol. The molecular weight excluding hydrogens is 434 g/mol. The maximum atomic E-state index is 6.21. The van der Waals surface area contributed by atoms with Gasteiger partial charge in [0.1, 0.15) is 12.4 Å². The van der Waals surface area contributed by atoms with E-state index < -0.39 is 0 Å². The molecule has 0 saturated carbocycles. The van der Waals surface area contributed by atoms with Gasteiger partial charge in [0.25, 0.3) is 5.89 Å². The lowest BCUT2D eigenvalue weighted by molar-refractivity contribution is 0.289. The number of nitrogens with zero attached hydrogens (tertiary/aromatic N) is 5. The van der Waals surface area contributed by atoms with Crippen molar-refractivity contribution in [1.82, 2.24) is 24.9 Å². The highest BCUT2D eigenvalue weighted by molar-refractivity contribution is 7.98. The Morgan fingerprint density at radius 3 is 2.87 bits per heavy atom. The molecule has 0 aliphatic carbocycles. The van der Waals surface area contributed by atoms with E-state index in [-0.39, 0.29) is 0 Å². The van der Waals surface area contributed by atoms with Gasteiger partial charge in [-0.2, -0.15) is 4.98 Å². The molecule has 2 aromatic carbocycles. The van der Waals surface area contributed by atoms with Crippen molar-refractivity contribution in [2.45, 2.75) is 31.0 Å². The first-order valence-corrected chi connectivity index (χ1v) is 10.9. The highest BCUT2D eigenvalue weighted by Gasteiger charge is 2.16. The van der Waals surface area contributed by atoms with Crippen molar-refractivity contribution in [2.24, 2.45) is 0 Å². The lowest BCUT2D eigenvalue weighted by atomic mass is 10.2. The molecule has 0 spiro atoms. The van der Waals surface area contributed by atoms with Crippen LogP contribution in [0.1, 0.15) is 17.2 Å². The SMILES string of the molecule is C=CCn1c(COc2cccc(C)c2)nnc1SCc1noc(-c2ccccc2Cl)n1. The van der Waals surface area contributed by atoms with Crippen molar-refractivity contribution in [1.29, 1.82) is 0 Å². The summed E-state index contributed by atoms with van der Waals surface area (Å²) in [7, 11) is 0. The van der Waals surface area contributed by atoms with Crippen LogP contribution in [0.2, 0.25) is 5.02 Å². The van der Waals surface area contributed by atoms with Gasteiger partial charge in [0.05, 0.1) is 16.3 Å². The Bertz CT molecular complexity index is 1190. The van der Waals surface area contributed by atoms with Crippen LogP contribution in [0.15, 0.2) is 70.9 Å². The third-order valence-electron chi connectivity index (χ3n) is 4.37. The Morgan fingerprint density at radius 1 is 1.19 bits per heavy atom. The van der Waals surface area contributed by atoms with Crippen LogP contribution in [0.5, 0.6) is 5.75 Å². The van der Waals surface area contributed by atoms with Crippen LogP contribution in [0.3, 0.4) is 0 Å². The molecule has 0 atom stereocenters. The fourth-order valence-corrected chi connectivity index (χ4v) is 3.91. The molecule has 0 aliphatic rings. The van der Waals surface area contributed by atoms with E-state index in [4.69, 9.17) is 20.9 Å². The molecule has 7 nitrogen and oxygen atoms in total. The van der Waals surface area contributed by atoms with Crippen LogP contribution < -0.4 is 4.74 Å². The number of hydrogen-bond acceptors (Lipinski definition) is 7. The molecule has 0 aliphatic heterocycles. The molecule has 0 amide bonds. The largest absolute Gasteiger partial charge is 0.486 e. The number of ether oxygens (including phenoxy) is 1. The molecular formula is C22H20ClN5O2S. The lowest BCUT2D eigenvalue weighted by Crippen LogP contribution is -2.07. The van der Waals surface area contributed by atoms with E-state index in [2.05, 4.69) is 26.9 Å². The van der Waals surface area contributed by atoms with Crippen molar-refractivity contribution in [3.63, 3.8) is 0 Å². The standard InChI is InChI=1S/C22H20ClN5O2S/c1-3-11-28-20(13-29-16-8-6-7-15(2)12-16)25-26-22(28)31-14-19-24-21(30-27-19)17-9-4-5-10-18(17)23/h3-10,12H,1,11,13-14H2,2H3. The molecule has 31 heavy (non-hydrogen) atoms. The molecule has 0 saturated heterocycles. The van der Waals surface area contributed by atoms with Gasteiger partial charge in [-0.3, -0.25) is 4.57 Å². The van der Waals surface area contributed by atoms with Crippen molar-refractivity contribution in [2.75, 3.05) is 0 Å². The quantitative estimate of drug-likeness (QED) is 0.249. The summed E-state index contributed by atoms with van der Waals surface area (Å²) in [5, 5.41) is 13.9. The van der Waals surface area contributed by atoms with Gasteiger partial charge in [-0.1, -0.05) is 58.9 Å². The maximum Gasteiger partial charge on any atom is 0.259 e. The summed E-state index contributed by atoms with van der Waals surface area (Å²) >= 11 is 7.67. The number of allylic oxidation sites excluding steroid dienone is 1. The van der Waals surface area contributed by atoms with Gasteiger partial charge in [0, 0.05) is 6.54 Å². The van der Waals surface area contributed by atoms with E-state index in [1.165, 1.54) is 11.8 Å². The van der Waals surface area contributed by atoms with E-state index in [0.29, 0.717) is 47.0 Å². The number of rotatable bonds is 9. The van der Waals surface area contributed by atoms with E-state index >= 15 is 0 Å². The summed E-state index contributed by atoms with van der Waals surface area (Å²) in [5.74, 6) is 2.92. The Labute approximate surface area is 189 Å². The predicted octanol–water partition coefficient (Wildman–Crippen LogP) is 5.35. The van der Waals surface area contributed by atoms with Gasteiger partial charge in [-0.05, 0) is 36.8 Å². The summed E-state index contributed by atoms with van der Waals surface area (Å²) < 4.78 is 13.2. The molecule has 4 aromatic rings. The number of benzene rings is 2. The number of hydrogen-bond donors (Lipinski definition) is 0. The number of thioether (sulfide) groups is 1. The zero-order valence-corrected chi connectivity index (χ0v) is 18.4. The van der Waals surface area contributed by atoms with E-state index in [0.717, 1.165) is 16.5 Å². The number of aryl methyl sites for hydroxylation is 1. The molecule has 0 bridgehead atoms. The van der Waals surface area contributed by atoms with Crippen molar-refractivity contribution >= 4 is 23.4 Å². The van der Waals surface area contributed by atoms with Crippen LogP contribution in [-0.4, -0.2) is 24.9 Å². The number of halogens is 1. The average Bonchev–Trinajstić information content (AvgIpc) is 3.39. The van der Waals surface area contributed by atoms with Gasteiger partial charge < -0.3 is 9.26 Å². The van der Waals surface area contributed by atoms with E-state index in [1.54, 1.807) is 12.1 Å². The van der Waals surface area contributed by atoms with E-state index in [9.17, 15) is 0 Å². The second kappa shape index (κ2) is 9.80. The molecule has 0 fully saturated rings. The molecule has 0 radical (unpaired) electrons. The highest BCUT2D eigenvalue weighted by Crippen LogP contribution is 2.27. The molecule has 0 unspecified atom stereocenters. The third kappa shape index (κ3) is 5.15. The van der Waals surface area contributed by atoms with Crippen LogP contribution >= 0.6 is 23.4 Å². The first kappa shape index (κ1) is 21.1. The van der Waals surface area contributed by atoms with Crippen LogP contribution in [0.25, 0.3) is 11.5 Å². The minimum atomic E-state index is 0.309. The summed E-state index contributed by atoms with van der Waals surface area (Å²) in [6.45, 7) is 6.73. The second-order valence-corrected chi connectivity index (χ2v) is 8.04.